The Morgan fingerprint density at radius 2 is 0.660 bits per heavy atom. The molecule has 0 aliphatic rings. The van der Waals surface area contributed by atoms with Gasteiger partial charge < -0.3 is 0 Å². The summed E-state index contributed by atoms with van der Waals surface area (Å²) in [6.07, 6.45) is 29.6. The number of aromatic nitrogens is 2. The molecule has 272 valence electrons. The van der Waals surface area contributed by atoms with E-state index in [1.807, 2.05) is 0 Å². The Bertz CT molecular complexity index is 1350. The molecule has 0 amide bonds. The van der Waals surface area contributed by atoms with Gasteiger partial charge >= 0.3 is 0 Å². The largest absolute Gasteiger partial charge is 0.205 e. The molecule has 0 radical (unpaired) electrons. The molecule has 2 heterocycles. The van der Waals surface area contributed by atoms with Crippen molar-refractivity contribution >= 4 is 31.9 Å². The summed E-state index contributed by atoms with van der Waals surface area (Å²) in [5.41, 5.74) is 11.7. The summed E-state index contributed by atoms with van der Waals surface area (Å²) in [6, 6.07) is 22.6. The molecule has 0 saturated carbocycles. The predicted octanol–water partition coefficient (Wildman–Crippen LogP) is 12.2. The topological polar surface area (TPSA) is 7.76 Å². The van der Waals surface area contributed by atoms with Crippen LogP contribution in [0.1, 0.15) is 122 Å². The molecular weight excluding hydrogens is 740 g/mol. The summed E-state index contributed by atoms with van der Waals surface area (Å²) < 4.78 is 4.71. The molecule has 0 unspecified atom stereocenters. The highest BCUT2D eigenvalue weighted by Gasteiger charge is 2.07. The Balaban J connectivity index is 0.000000319. The van der Waals surface area contributed by atoms with Crippen molar-refractivity contribution in [2.45, 2.75) is 144 Å². The van der Waals surface area contributed by atoms with Gasteiger partial charge in [-0.25, -0.2) is 9.13 Å². The lowest BCUT2D eigenvalue weighted by molar-refractivity contribution is -0.698. The van der Waals surface area contributed by atoms with Gasteiger partial charge in [0.15, 0.2) is 24.8 Å². The zero-order valence-electron chi connectivity index (χ0n) is 31.9. The van der Waals surface area contributed by atoms with Gasteiger partial charge in [-0.15, -0.1) is 0 Å². The molecule has 0 N–H and O–H groups in total. The maximum atomic E-state index is 3.50. The number of rotatable bonds is 22. The maximum Gasteiger partial charge on any atom is 0.171 e. The second-order valence-corrected chi connectivity index (χ2v) is 16.0. The first kappa shape index (κ1) is 42.1. The third-order valence-corrected chi connectivity index (χ3v) is 10.6. The lowest BCUT2D eigenvalue weighted by atomic mass is 9.97. The normalized spacial score (nSPS) is 11.0. The van der Waals surface area contributed by atoms with Gasteiger partial charge in [0, 0.05) is 45.8 Å². The summed E-state index contributed by atoms with van der Waals surface area (Å²) >= 11 is 6.99. The van der Waals surface area contributed by atoms with Crippen LogP contribution < -0.4 is 9.13 Å². The molecular formula is C46H66Br2N2+2. The summed E-state index contributed by atoms with van der Waals surface area (Å²) in [5.74, 6) is 0. The molecule has 0 aliphatic carbocycles. The number of hydrogen-bond acceptors (Lipinski definition) is 0. The Morgan fingerprint density at radius 3 is 0.940 bits per heavy atom. The highest BCUT2D eigenvalue weighted by molar-refractivity contribution is 9.09. The number of pyridine rings is 2. The fraction of sp³-hybridized carbons (Fsp3) is 0.522. The van der Waals surface area contributed by atoms with Gasteiger partial charge in [-0.3, -0.25) is 0 Å². The van der Waals surface area contributed by atoms with Crippen molar-refractivity contribution in [2.24, 2.45) is 0 Å². The molecule has 0 saturated heterocycles. The zero-order chi connectivity index (χ0) is 35.8. The Hall–Kier alpha value is -2.30. The summed E-state index contributed by atoms with van der Waals surface area (Å²) in [4.78, 5) is 0. The van der Waals surface area contributed by atoms with Gasteiger partial charge in [-0.2, -0.15) is 0 Å². The molecule has 2 aromatic heterocycles. The van der Waals surface area contributed by atoms with E-state index in [4.69, 9.17) is 0 Å². The van der Waals surface area contributed by atoms with E-state index in [2.05, 4.69) is 154 Å². The minimum Gasteiger partial charge on any atom is -0.205 e. The minimum absolute atomic E-state index is 1.13. The number of halogens is 2. The van der Waals surface area contributed by atoms with Crippen molar-refractivity contribution < 1.29 is 9.13 Å². The average Bonchev–Trinajstić information content (AvgIpc) is 3.09. The van der Waals surface area contributed by atoms with Crippen LogP contribution in [-0.2, 0) is 38.8 Å². The third-order valence-electron chi connectivity index (χ3n) is 9.51. The van der Waals surface area contributed by atoms with Crippen LogP contribution in [0, 0.1) is 27.7 Å². The fourth-order valence-corrected chi connectivity index (χ4v) is 7.88. The predicted molar refractivity (Wildman–Crippen MR) is 223 cm³/mol. The van der Waals surface area contributed by atoms with E-state index < -0.39 is 0 Å². The number of alkyl halides is 2. The fourth-order valence-electron chi connectivity index (χ4n) is 7.08. The molecule has 0 atom stereocenters. The van der Waals surface area contributed by atoms with E-state index in [0.717, 1.165) is 23.7 Å². The molecule has 2 nitrogen and oxygen atoms in total. The van der Waals surface area contributed by atoms with Crippen LogP contribution in [0.4, 0.5) is 0 Å². The molecule has 4 heteroatoms. The highest BCUT2D eigenvalue weighted by atomic mass is 79.9. The van der Waals surface area contributed by atoms with Crippen molar-refractivity contribution in [1.82, 2.24) is 0 Å². The zero-order valence-corrected chi connectivity index (χ0v) is 35.0. The van der Waals surface area contributed by atoms with Crippen LogP contribution in [0.25, 0.3) is 0 Å². The van der Waals surface area contributed by atoms with E-state index in [0.29, 0.717) is 0 Å². The van der Waals surface area contributed by atoms with Gasteiger partial charge in [-0.1, -0.05) is 93.2 Å². The Morgan fingerprint density at radius 1 is 0.380 bits per heavy atom. The lowest BCUT2D eigenvalue weighted by Crippen LogP contribution is -2.33. The maximum absolute atomic E-state index is 3.50. The van der Waals surface area contributed by atoms with Crippen LogP contribution in [0.15, 0.2) is 85.5 Å². The first-order chi connectivity index (χ1) is 24.4. The summed E-state index contributed by atoms with van der Waals surface area (Å²) in [7, 11) is 0. The smallest absolute Gasteiger partial charge is 0.171 e. The monoisotopic (exact) mass is 804 g/mol. The minimum atomic E-state index is 1.13. The van der Waals surface area contributed by atoms with Crippen LogP contribution in [0.3, 0.4) is 0 Å². The van der Waals surface area contributed by atoms with Gasteiger partial charge in [0.05, 0.1) is 0 Å². The van der Waals surface area contributed by atoms with Gasteiger partial charge in [-0.05, 0) is 139 Å². The van der Waals surface area contributed by atoms with Gasteiger partial charge in [0.1, 0.15) is 13.1 Å². The standard InChI is InChI=1S/C30H42N2.C16H24Br2/c1-25-19-26(2)22-31(21-25)17-11-5-7-13-29-15-9-10-16-30(29)14-8-6-12-18-32-23-27(3)20-28(4)24-32;17-13-7-1-3-9-15-11-5-6-12-16(15)10-4-2-8-14-18/h9-10,15-16,19-24H,5-8,11-14,17-18H2,1-4H3;5-6,11-12H,1-4,7-10,13-14H2/q+2;. The van der Waals surface area contributed by atoms with E-state index >= 15 is 0 Å². The van der Waals surface area contributed by atoms with Gasteiger partial charge in [0.2, 0.25) is 0 Å². The summed E-state index contributed by atoms with van der Waals surface area (Å²) in [5, 5.41) is 2.28. The van der Waals surface area contributed by atoms with Crippen molar-refractivity contribution in [1.29, 1.82) is 0 Å². The number of benzene rings is 2. The van der Waals surface area contributed by atoms with Crippen LogP contribution in [0.5, 0.6) is 0 Å². The van der Waals surface area contributed by atoms with Crippen molar-refractivity contribution in [3.8, 4) is 0 Å². The number of unbranched alkanes of at least 4 members (excludes halogenated alkanes) is 8. The second-order valence-electron chi connectivity index (χ2n) is 14.4. The van der Waals surface area contributed by atoms with Crippen LogP contribution in [0.2, 0.25) is 0 Å². The van der Waals surface area contributed by atoms with Crippen LogP contribution >= 0.6 is 31.9 Å². The summed E-state index contributed by atoms with van der Waals surface area (Å²) in [6.45, 7) is 11.0. The number of hydrogen-bond donors (Lipinski definition) is 0. The quantitative estimate of drug-likeness (QED) is 0.0425. The second kappa shape index (κ2) is 25.6. The molecule has 4 aromatic rings. The van der Waals surface area contributed by atoms with Crippen molar-refractivity contribution in [3.05, 3.63) is 130 Å². The van der Waals surface area contributed by atoms with E-state index in [1.165, 1.54) is 125 Å². The van der Waals surface area contributed by atoms with Gasteiger partial charge in [0.25, 0.3) is 0 Å². The third kappa shape index (κ3) is 17.8. The van der Waals surface area contributed by atoms with E-state index in [1.54, 1.807) is 22.3 Å². The van der Waals surface area contributed by atoms with E-state index in [9.17, 15) is 0 Å². The molecule has 2 aromatic carbocycles. The average molecular weight is 807 g/mol. The SMILES string of the molecule is BrCCCCCc1ccccc1CCCCCBr.Cc1cc(C)c[n+](CCCCCc2ccccc2CCCCC[n+]2cc(C)cc(C)c2)c1. The van der Waals surface area contributed by atoms with Crippen LogP contribution in [-0.4, -0.2) is 10.7 Å². The molecule has 0 spiro atoms. The molecule has 0 bridgehead atoms. The van der Waals surface area contributed by atoms with Crippen molar-refractivity contribution in [3.63, 3.8) is 0 Å². The highest BCUT2D eigenvalue weighted by Crippen LogP contribution is 2.18. The molecule has 0 aliphatic heterocycles. The van der Waals surface area contributed by atoms with Crippen molar-refractivity contribution in [2.75, 3.05) is 10.7 Å². The first-order valence-electron chi connectivity index (χ1n) is 19.6. The lowest BCUT2D eigenvalue weighted by Gasteiger charge is -2.09. The molecule has 4 rings (SSSR count). The number of nitrogens with zero attached hydrogens (tertiary/aromatic N) is 2. The Labute approximate surface area is 323 Å². The molecule has 0 fully saturated rings. The first-order valence-corrected chi connectivity index (χ1v) is 21.8. The number of aryl methyl sites for hydroxylation is 10. The van der Waals surface area contributed by atoms with E-state index in [-0.39, 0.29) is 0 Å². The molecule has 50 heavy (non-hydrogen) atoms. The Kier molecular flexibility index (Phi) is 21.6.